The number of nitrogens with zero attached hydrogens (tertiary/aromatic N) is 1. The fraction of sp³-hybridized carbons (Fsp3) is 0.125. The summed E-state index contributed by atoms with van der Waals surface area (Å²) in [5, 5.41) is 13.3. The second kappa shape index (κ2) is 6.70. The standard InChI is InChI=1S/C16H13BrN2O4/c17-12-7-10(1-3-13(12)20)9-18-19-16(21)11-2-4-14-15(8-11)23-6-5-22-14/h1-4,7-9,20H,5-6H2,(H,19,21)/b18-9+. The van der Waals surface area contributed by atoms with Gasteiger partial charge >= 0.3 is 0 Å². The average Bonchev–Trinajstić information content (AvgIpc) is 2.57. The first-order valence-corrected chi connectivity index (χ1v) is 7.64. The van der Waals surface area contributed by atoms with Gasteiger partial charge in [0.05, 0.1) is 10.7 Å². The zero-order valence-corrected chi connectivity index (χ0v) is 13.5. The van der Waals surface area contributed by atoms with Gasteiger partial charge < -0.3 is 14.6 Å². The van der Waals surface area contributed by atoms with Crippen molar-refractivity contribution < 1.29 is 19.4 Å². The van der Waals surface area contributed by atoms with Crippen molar-refractivity contribution in [1.82, 2.24) is 5.43 Å². The van der Waals surface area contributed by atoms with Gasteiger partial charge in [-0.15, -0.1) is 0 Å². The maximum atomic E-state index is 12.1. The molecule has 118 valence electrons. The lowest BCUT2D eigenvalue weighted by molar-refractivity contribution is 0.0954. The number of hydrogen-bond acceptors (Lipinski definition) is 5. The Labute approximate surface area is 140 Å². The smallest absolute Gasteiger partial charge is 0.271 e. The Hall–Kier alpha value is -2.54. The van der Waals surface area contributed by atoms with E-state index in [1.54, 1.807) is 30.3 Å². The second-order valence-electron chi connectivity index (χ2n) is 4.77. The minimum atomic E-state index is -0.351. The number of halogens is 1. The Morgan fingerprint density at radius 2 is 1.96 bits per heavy atom. The summed E-state index contributed by atoms with van der Waals surface area (Å²) in [5.74, 6) is 0.971. The van der Waals surface area contributed by atoms with Crippen LogP contribution in [0.4, 0.5) is 0 Å². The second-order valence-corrected chi connectivity index (χ2v) is 5.62. The number of hydrazone groups is 1. The third-order valence-electron chi connectivity index (χ3n) is 3.16. The van der Waals surface area contributed by atoms with Gasteiger partial charge in [-0.3, -0.25) is 4.79 Å². The van der Waals surface area contributed by atoms with E-state index in [-0.39, 0.29) is 11.7 Å². The summed E-state index contributed by atoms with van der Waals surface area (Å²) >= 11 is 3.21. The average molecular weight is 377 g/mol. The molecule has 0 fully saturated rings. The number of phenolic OH excluding ortho intramolecular Hbond substituents is 1. The summed E-state index contributed by atoms with van der Waals surface area (Å²) in [5.41, 5.74) is 3.61. The monoisotopic (exact) mass is 376 g/mol. The van der Waals surface area contributed by atoms with Gasteiger partial charge in [0.25, 0.3) is 5.91 Å². The number of benzene rings is 2. The van der Waals surface area contributed by atoms with Crippen molar-refractivity contribution in [3.8, 4) is 17.2 Å². The van der Waals surface area contributed by atoms with Crippen LogP contribution in [0.3, 0.4) is 0 Å². The SMILES string of the molecule is O=C(N/N=C/c1ccc(O)c(Br)c1)c1ccc2c(c1)OCCO2. The lowest BCUT2D eigenvalue weighted by atomic mass is 10.2. The molecule has 2 aromatic carbocycles. The van der Waals surface area contributed by atoms with Crippen molar-refractivity contribution in [3.05, 3.63) is 52.0 Å². The van der Waals surface area contributed by atoms with E-state index >= 15 is 0 Å². The molecule has 0 saturated heterocycles. The first-order chi connectivity index (χ1) is 11.1. The van der Waals surface area contributed by atoms with Crippen molar-refractivity contribution in [2.24, 2.45) is 5.10 Å². The molecule has 0 unspecified atom stereocenters. The van der Waals surface area contributed by atoms with Gasteiger partial charge in [0.1, 0.15) is 19.0 Å². The van der Waals surface area contributed by atoms with Crippen LogP contribution in [0.5, 0.6) is 17.2 Å². The highest BCUT2D eigenvalue weighted by molar-refractivity contribution is 9.10. The normalized spacial score (nSPS) is 13.1. The Morgan fingerprint density at radius 1 is 1.17 bits per heavy atom. The van der Waals surface area contributed by atoms with Crippen LogP contribution in [0.25, 0.3) is 0 Å². The van der Waals surface area contributed by atoms with E-state index in [0.717, 1.165) is 5.56 Å². The first-order valence-electron chi connectivity index (χ1n) is 6.85. The number of ether oxygens (including phenoxy) is 2. The van der Waals surface area contributed by atoms with E-state index in [1.165, 1.54) is 12.3 Å². The molecule has 0 aliphatic carbocycles. The van der Waals surface area contributed by atoms with Crippen molar-refractivity contribution in [2.45, 2.75) is 0 Å². The minimum absolute atomic E-state index is 0.141. The summed E-state index contributed by atoms with van der Waals surface area (Å²) in [4.78, 5) is 12.1. The molecule has 0 saturated carbocycles. The Bertz CT molecular complexity index is 777. The van der Waals surface area contributed by atoms with Crippen LogP contribution in [-0.4, -0.2) is 30.4 Å². The van der Waals surface area contributed by atoms with Crippen LogP contribution < -0.4 is 14.9 Å². The number of amides is 1. The summed E-state index contributed by atoms with van der Waals surface area (Å²) in [7, 11) is 0. The fourth-order valence-electron chi connectivity index (χ4n) is 2.02. The molecule has 0 spiro atoms. The number of fused-ring (bicyclic) bond motifs is 1. The zero-order valence-electron chi connectivity index (χ0n) is 12.0. The molecule has 3 rings (SSSR count). The molecule has 1 aliphatic rings. The van der Waals surface area contributed by atoms with Crippen LogP contribution in [0.1, 0.15) is 15.9 Å². The minimum Gasteiger partial charge on any atom is -0.507 e. The third kappa shape index (κ3) is 3.62. The molecule has 0 bridgehead atoms. The van der Waals surface area contributed by atoms with Gasteiger partial charge in [-0.25, -0.2) is 5.43 Å². The molecule has 0 radical (unpaired) electrons. The Balaban J connectivity index is 1.67. The molecule has 23 heavy (non-hydrogen) atoms. The van der Waals surface area contributed by atoms with Gasteiger partial charge in [0.2, 0.25) is 0 Å². The molecular weight excluding hydrogens is 364 g/mol. The quantitative estimate of drug-likeness (QED) is 0.637. The number of phenols is 1. The zero-order chi connectivity index (χ0) is 16.2. The number of nitrogens with one attached hydrogen (secondary N) is 1. The third-order valence-corrected chi connectivity index (χ3v) is 3.79. The van der Waals surface area contributed by atoms with Crippen LogP contribution in [0.15, 0.2) is 46.0 Å². The highest BCUT2D eigenvalue weighted by Crippen LogP contribution is 2.30. The van der Waals surface area contributed by atoms with E-state index in [2.05, 4.69) is 26.5 Å². The van der Waals surface area contributed by atoms with Gasteiger partial charge in [0, 0.05) is 5.56 Å². The van der Waals surface area contributed by atoms with Gasteiger partial charge in [-0.05, 0) is 57.9 Å². The van der Waals surface area contributed by atoms with E-state index in [0.29, 0.717) is 34.7 Å². The van der Waals surface area contributed by atoms with Crippen LogP contribution >= 0.6 is 15.9 Å². The predicted octanol–water partition coefficient (Wildman–Crippen LogP) is 2.69. The van der Waals surface area contributed by atoms with Crippen molar-refractivity contribution in [2.75, 3.05) is 13.2 Å². The molecule has 7 heteroatoms. The Morgan fingerprint density at radius 3 is 2.74 bits per heavy atom. The van der Waals surface area contributed by atoms with Gasteiger partial charge in [-0.1, -0.05) is 0 Å². The van der Waals surface area contributed by atoms with Gasteiger partial charge in [0.15, 0.2) is 11.5 Å². The van der Waals surface area contributed by atoms with E-state index in [1.807, 2.05) is 0 Å². The predicted molar refractivity (Wildman–Crippen MR) is 88.3 cm³/mol. The van der Waals surface area contributed by atoms with E-state index in [9.17, 15) is 9.90 Å². The molecule has 0 atom stereocenters. The maximum absolute atomic E-state index is 12.1. The lowest BCUT2D eigenvalue weighted by Gasteiger charge is -2.18. The largest absolute Gasteiger partial charge is 0.507 e. The molecular formula is C16H13BrN2O4. The highest BCUT2D eigenvalue weighted by Gasteiger charge is 2.14. The molecule has 6 nitrogen and oxygen atoms in total. The van der Waals surface area contributed by atoms with Crippen molar-refractivity contribution >= 4 is 28.1 Å². The number of carbonyl (C=O) groups excluding carboxylic acids is 1. The summed E-state index contributed by atoms with van der Waals surface area (Å²) in [6, 6.07) is 9.87. The highest BCUT2D eigenvalue weighted by atomic mass is 79.9. The summed E-state index contributed by atoms with van der Waals surface area (Å²) in [6.45, 7) is 0.969. The molecule has 1 amide bonds. The molecule has 2 N–H and O–H groups in total. The van der Waals surface area contributed by atoms with Crippen LogP contribution in [0, 0.1) is 0 Å². The molecule has 0 aromatic heterocycles. The van der Waals surface area contributed by atoms with Crippen LogP contribution in [0.2, 0.25) is 0 Å². The van der Waals surface area contributed by atoms with Gasteiger partial charge in [-0.2, -0.15) is 5.10 Å². The maximum Gasteiger partial charge on any atom is 0.271 e. The first kappa shape index (κ1) is 15.4. The van der Waals surface area contributed by atoms with E-state index in [4.69, 9.17) is 9.47 Å². The number of hydrogen-bond donors (Lipinski definition) is 2. The topological polar surface area (TPSA) is 80.2 Å². The lowest BCUT2D eigenvalue weighted by Crippen LogP contribution is -2.19. The van der Waals surface area contributed by atoms with Crippen LogP contribution in [-0.2, 0) is 0 Å². The fourth-order valence-corrected chi connectivity index (χ4v) is 2.41. The number of rotatable bonds is 3. The van der Waals surface area contributed by atoms with Crippen molar-refractivity contribution in [3.63, 3.8) is 0 Å². The Kier molecular flexibility index (Phi) is 4.47. The number of aromatic hydroxyl groups is 1. The summed E-state index contributed by atoms with van der Waals surface area (Å²) in [6.07, 6.45) is 1.49. The molecule has 1 heterocycles. The van der Waals surface area contributed by atoms with E-state index < -0.39 is 0 Å². The summed E-state index contributed by atoms with van der Waals surface area (Å²) < 4.78 is 11.4. The molecule has 1 aliphatic heterocycles. The number of carbonyl (C=O) groups is 1. The van der Waals surface area contributed by atoms with Crippen molar-refractivity contribution in [1.29, 1.82) is 0 Å². The molecule has 2 aromatic rings.